The van der Waals surface area contributed by atoms with Gasteiger partial charge in [0.2, 0.25) is 5.91 Å². The SMILES string of the molecule is CCNC(=NCC(C)(C)C(=O)NC)N1CCC(C)(C)C1.I. The van der Waals surface area contributed by atoms with Gasteiger partial charge in [-0.25, -0.2) is 0 Å². The summed E-state index contributed by atoms with van der Waals surface area (Å²) >= 11 is 0. The number of halogens is 1. The lowest BCUT2D eigenvalue weighted by molar-refractivity contribution is -0.128. The van der Waals surface area contributed by atoms with Crippen LogP contribution in [-0.4, -0.2) is 50.0 Å². The zero-order valence-corrected chi connectivity index (χ0v) is 16.6. The number of nitrogens with one attached hydrogen (secondary N) is 2. The molecule has 1 saturated heterocycles. The van der Waals surface area contributed by atoms with Crippen molar-refractivity contribution in [1.82, 2.24) is 15.5 Å². The number of guanidine groups is 1. The van der Waals surface area contributed by atoms with E-state index in [2.05, 4.69) is 41.3 Å². The fourth-order valence-electron chi connectivity index (χ4n) is 2.40. The van der Waals surface area contributed by atoms with Crippen LogP contribution in [0.25, 0.3) is 0 Å². The Morgan fingerprint density at radius 2 is 2.00 bits per heavy atom. The molecule has 0 aromatic carbocycles. The van der Waals surface area contributed by atoms with Gasteiger partial charge >= 0.3 is 0 Å². The van der Waals surface area contributed by atoms with Crippen molar-refractivity contribution in [3.63, 3.8) is 0 Å². The standard InChI is InChI=1S/C15H30N4O.HI/c1-7-17-13(19-9-8-14(2,3)11-19)18-10-15(4,5)12(20)16-6;/h7-11H2,1-6H3,(H,16,20)(H,17,18);1H. The number of aliphatic imine (C=N–C) groups is 1. The maximum Gasteiger partial charge on any atom is 0.227 e. The van der Waals surface area contributed by atoms with E-state index in [0.717, 1.165) is 25.6 Å². The molecule has 1 heterocycles. The molecule has 0 aromatic rings. The summed E-state index contributed by atoms with van der Waals surface area (Å²) in [4.78, 5) is 18.8. The van der Waals surface area contributed by atoms with Gasteiger partial charge in [-0.1, -0.05) is 13.8 Å². The molecule has 5 nitrogen and oxygen atoms in total. The number of hydrogen-bond donors (Lipinski definition) is 2. The first kappa shape index (κ1) is 20.5. The van der Waals surface area contributed by atoms with Gasteiger partial charge < -0.3 is 15.5 Å². The molecule has 0 aliphatic carbocycles. The highest BCUT2D eigenvalue weighted by molar-refractivity contribution is 14.0. The quantitative estimate of drug-likeness (QED) is 0.424. The third kappa shape index (κ3) is 6.00. The predicted octanol–water partition coefficient (Wildman–Crippen LogP) is 2.07. The summed E-state index contributed by atoms with van der Waals surface area (Å²) in [6.07, 6.45) is 1.18. The summed E-state index contributed by atoms with van der Waals surface area (Å²) < 4.78 is 0. The Morgan fingerprint density at radius 3 is 2.43 bits per heavy atom. The molecule has 0 radical (unpaired) electrons. The molecule has 0 unspecified atom stereocenters. The number of carbonyl (C=O) groups excluding carboxylic acids is 1. The first-order valence-electron chi connectivity index (χ1n) is 7.47. The van der Waals surface area contributed by atoms with Crippen molar-refractivity contribution in [2.45, 2.75) is 41.0 Å². The minimum absolute atomic E-state index is 0. The molecule has 0 bridgehead atoms. The molecule has 124 valence electrons. The summed E-state index contributed by atoms with van der Waals surface area (Å²) in [6.45, 7) is 13.9. The van der Waals surface area contributed by atoms with Crippen LogP contribution in [0.1, 0.15) is 41.0 Å². The lowest BCUT2D eigenvalue weighted by Gasteiger charge is -2.26. The zero-order chi connectivity index (χ0) is 15.4. The summed E-state index contributed by atoms with van der Waals surface area (Å²) in [6, 6.07) is 0. The molecule has 0 spiro atoms. The summed E-state index contributed by atoms with van der Waals surface area (Å²) in [5, 5.41) is 6.04. The van der Waals surface area contributed by atoms with Crippen molar-refractivity contribution in [2.24, 2.45) is 15.8 Å². The monoisotopic (exact) mass is 410 g/mol. The molecule has 0 aromatic heterocycles. The molecule has 21 heavy (non-hydrogen) atoms. The Labute approximate surface area is 146 Å². The first-order valence-corrected chi connectivity index (χ1v) is 7.47. The van der Waals surface area contributed by atoms with Gasteiger partial charge in [-0.2, -0.15) is 0 Å². The van der Waals surface area contributed by atoms with E-state index in [4.69, 9.17) is 0 Å². The van der Waals surface area contributed by atoms with Crippen molar-refractivity contribution in [3.8, 4) is 0 Å². The topological polar surface area (TPSA) is 56.7 Å². The highest BCUT2D eigenvalue weighted by atomic mass is 127. The molecule has 0 saturated carbocycles. The van der Waals surface area contributed by atoms with Crippen LogP contribution in [0.2, 0.25) is 0 Å². The first-order chi connectivity index (χ1) is 9.22. The zero-order valence-electron chi connectivity index (χ0n) is 14.2. The maximum absolute atomic E-state index is 11.8. The third-order valence-corrected chi connectivity index (χ3v) is 3.78. The van der Waals surface area contributed by atoms with E-state index in [1.807, 2.05) is 13.8 Å². The predicted molar refractivity (Wildman–Crippen MR) is 99.2 cm³/mol. The Morgan fingerprint density at radius 1 is 1.38 bits per heavy atom. The minimum atomic E-state index is -0.481. The highest BCUT2D eigenvalue weighted by Gasteiger charge is 2.32. The van der Waals surface area contributed by atoms with E-state index in [-0.39, 0.29) is 29.9 Å². The Kier molecular flexibility index (Phi) is 7.99. The van der Waals surface area contributed by atoms with Crippen molar-refractivity contribution in [3.05, 3.63) is 0 Å². The molecule has 1 amide bonds. The van der Waals surface area contributed by atoms with Crippen LogP contribution in [0.5, 0.6) is 0 Å². The Balaban J connectivity index is 0.00000400. The van der Waals surface area contributed by atoms with Crippen LogP contribution < -0.4 is 10.6 Å². The van der Waals surface area contributed by atoms with Gasteiger partial charge in [0, 0.05) is 26.7 Å². The molecule has 1 fully saturated rings. The van der Waals surface area contributed by atoms with Gasteiger partial charge in [-0.15, -0.1) is 24.0 Å². The maximum atomic E-state index is 11.8. The van der Waals surface area contributed by atoms with E-state index < -0.39 is 5.41 Å². The van der Waals surface area contributed by atoms with Crippen LogP contribution in [0.4, 0.5) is 0 Å². The second kappa shape index (κ2) is 8.19. The van der Waals surface area contributed by atoms with E-state index in [0.29, 0.717) is 12.0 Å². The van der Waals surface area contributed by atoms with Gasteiger partial charge in [0.1, 0.15) is 0 Å². The van der Waals surface area contributed by atoms with Crippen LogP contribution in [0.15, 0.2) is 4.99 Å². The fraction of sp³-hybridized carbons (Fsp3) is 0.867. The number of rotatable bonds is 4. The third-order valence-electron chi connectivity index (χ3n) is 3.78. The van der Waals surface area contributed by atoms with Crippen molar-refractivity contribution in [1.29, 1.82) is 0 Å². The van der Waals surface area contributed by atoms with Gasteiger partial charge in [0.25, 0.3) is 0 Å². The van der Waals surface area contributed by atoms with E-state index >= 15 is 0 Å². The van der Waals surface area contributed by atoms with Crippen LogP contribution >= 0.6 is 24.0 Å². The van der Waals surface area contributed by atoms with E-state index in [1.54, 1.807) is 7.05 Å². The molecule has 1 rings (SSSR count). The lowest BCUT2D eigenvalue weighted by atomic mass is 9.93. The summed E-state index contributed by atoms with van der Waals surface area (Å²) in [5.41, 5.74) is -0.142. The van der Waals surface area contributed by atoms with Crippen LogP contribution in [0.3, 0.4) is 0 Å². The largest absolute Gasteiger partial charge is 0.359 e. The summed E-state index contributed by atoms with van der Waals surface area (Å²) in [7, 11) is 1.67. The molecule has 6 heteroatoms. The number of carbonyl (C=O) groups is 1. The Hall–Kier alpha value is -0.530. The number of nitrogens with zero attached hydrogens (tertiary/aromatic N) is 2. The van der Waals surface area contributed by atoms with Crippen molar-refractivity contribution >= 4 is 35.8 Å². The number of hydrogen-bond acceptors (Lipinski definition) is 2. The van der Waals surface area contributed by atoms with Crippen LogP contribution in [0, 0.1) is 10.8 Å². The van der Waals surface area contributed by atoms with Crippen LogP contribution in [-0.2, 0) is 4.79 Å². The molecule has 2 N–H and O–H groups in total. The minimum Gasteiger partial charge on any atom is -0.359 e. The van der Waals surface area contributed by atoms with Gasteiger partial charge in [0.05, 0.1) is 12.0 Å². The van der Waals surface area contributed by atoms with E-state index in [1.165, 1.54) is 6.42 Å². The van der Waals surface area contributed by atoms with Crippen molar-refractivity contribution < 1.29 is 4.79 Å². The smallest absolute Gasteiger partial charge is 0.227 e. The average Bonchev–Trinajstić information content (AvgIpc) is 2.73. The second-order valence-corrected chi connectivity index (χ2v) is 6.97. The summed E-state index contributed by atoms with van der Waals surface area (Å²) in [5.74, 6) is 0.953. The fourth-order valence-corrected chi connectivity index (χ4v) is 2.40. The Bertz CT molecular complexity index is 380. The van der Waals surface area contributed by atoms with Gasteiger partial charge in [-0.05, 0) is 32.6 Å². The normalized spacial score (nSPS) is 18.2. The molecule has 1 aliphatic rings. The molecule has 0 atom stereocenters. The van der Waals surface area contributed by atoms with Gasteiger partial charge in [-0.3, -0.25) is 9.79 Å². The highest BCUT2D eigenvalue weighted by Crippen LogP contribution is 2.28. The van der Waals surface area contributed by atoms with E-state index in [9.17, 15) is 4.79 Å². The molecule has 1 aliphatic heterocycles. The van der Waals surface area contributed by atoms with Crippen molar-refractivity contribution in [2.75, 3.05) is 33.2 Å². The number of amides is 1. The average molecular weight is 410 g/mol. The lowest BCUT2D eigenvalue weighted by Crippen LogP contribution is -2.42. The number of likely N-dealkylation sites (tertiary alicyclic amines) is 1. The second-order valence-electron chi connectivity index (χ2n) is 6.97. The molecular formula is C15H31IN4O. The molecular weight excluding hydrogens is 379 g/mol. The van der Waals surface area contributed by atoms with Gasteiger partial charge in [0.15, 0.2) is 5.96 Å².